The van der Waals surface area contributed by atoms with Crippen LogP contribution in [0.4, 0.5) is 0 Å². The van der Waals surface area contributed by atoms with Gasteiger partial charge in [0.1, 0.15) is 6.04 Å². The Morgan fingerprint density at radius 3 is 2.75 bits per heavy atom. The number of H-pyrrole nitrogens is 1. The number of rotatable bonds is 4. The highest BCUT2D eigenvalue weighted by atomic mass is 16.2. The summed E-state index contributed by atoms with van der Waals surface area (Å²) >= 11 is 0. The fourth-order valence-corrected chi connectivity index (χ4v) is 2.59. The number of carbonyl (C=O) groups is 2. The third-order valence-corrected chi connectivity index (χ3v) is 3.66. The van der Waals surface area contributed by atoms with Gasteiger partial charge < -0.3 is 20.5 Å². The Hall–Kier alpha value is -1.89. The van der Waals surface area contributed by atoms with Crippen molar-refractivity contribution in [3.8, 4) is 0 Å². The van der Waals surface area contributed by atoms with Crippen LogP contribution in [-0.2, 0) is 4.79 Å². The number of aromatic nitrogens is 2. The molecule has 0 radical (unpaired) electrons. The van der Waals surface area contributed by atoms with Crippen molar-refractivity contribution in [1.82, 2.24) is 19.8 Å². The molecule has 7 nitrogen and oxygen atoms in total. The molecule has 2 atom stereocenters. The lowest BCUT2D eigenvalue weighted by atomic mass is 10.1. The highest BCUT2D eigenvalue weighted by Crippen LogP contribution is 2.20. The lowest BCUT2D eigenvalue weighted by molar-refractivity contribution is -0.134. The van der Waals surface area contributed by atoms with Gasteiger partial charge >= 0.3 is 0 Å². The van der Waals surface area contributed by atoms with Gasteiger partial charge in [-0.3, -0.25) is 9.59 Å². The van der Waals surface area contributed by atoms with Gasteiger partial charge in [0.15, 0.2) is 5.82 Å². The molecular formula is C13H21N5O2. The summed E-state index contributed by atoms with van der Waals surface area (Å²) in [5, 5.41) is 0. The molecule has 0 unspecified atom stereocenters. The smallest absolute Gasteiger partial charge is 0.290 e. The topological polar surface area (TPSA) is 95.3 Å². The van der Waals surface area contributed by atoms with E-state index in [4.69, 9.17) is 5.73 Å². The quantitative estimate of drug-likeness (QED) is 0.799. The number of hydrogen-bond donors (Lipinski definition) is 2. The average Bonchev–Trinajstić information content (AvgIpc) is 3.08. The molecule has 2 amide bonds. The standard InChI is InChI=1S/C13H21N5O2/c1-3-17(4-2)12(19)10-7-9(14)8-18(10)13(20)11-15-5-6-16-11/h5-6,9-10H,3-4,7-8,14H2,1-2H3,(H,15,16)/t9-,10-/m0/s1. The van der Waals surface area contributed by atoms with Gasteiger partial charge in [-0.2, -0.15) is 0 Å². The van der Waals surface area contributed by atoms with Crippen molar-refractivity contribution >= 4 is 11.8 Å². The predicted octanol–water partition coefficient (Wildman–Crippen LogP) is -0.180. The first-order chi connectivity index (χ1) is 9.58. The maximum atomic E-state index is 12.5. The summed E-state index contributed by atoms with van der Waals surface area (Å²) in [7, 11) is 0. The summed E-state index contributed by atoms with van der Waals surface area (Å²) in [5.41, 5.74) is 5.93. The molecule has 0 spiro atoms. The van der Waals surface area contributed by atoms with E-state index >= 15 is 0 Å². The fourth-order valence-electron chi connectivity index (χ4n) is 2.59. The van der Waals surface area contributed by atoms with Gasteiger partial charge in [-0.1, -0.05) is 0 Å². The second kappa shape index (κ2) is 6.04. The molecular weight excluding hydrogens is 258 g/mol. The van der Waals surface area contributed by atoms with Crippen LogP contribution in [0.2, 0.25) is 0 Å². The van der Waals surface area contributed by atoms with Gasteiger partial charge in [0.05, 0.1) is 0 Å². The minimum absolute atomic E-state index is 0.0390. The fraction of sp³-hybridized carbons (Fsp3) is 0.615. The number of hydrogen-bond acceptors (Lipinski definition) is 4. The van der Waals surface area contributed by atoms with Crippen LogP contribution in [-0.4, -0.2) is 63.3 Å². The highest BCUT2D eigenvalue weighted by Gasteiger charge is 2.40. The summed E-state index contributed by atoms with van der Waals surface area (Å²) in [4.78, 5) is 34.8. The van der Waals surface area contributed by atoms with E-state index in [2.05, 4.69) is 9.97 Å². The van der Waals surface area contributed by atoms with Crippen LogP contribution in [0.1, 0.15) is 30.9 Å². The van der Waals surface area contributed by atoms with E-state index in [1.165, 1.54) is 11.1 Å². The Morgan fingerprint density at radius 1 is 1.50 bits per heavy atom. The number of aromatic amines is 1. The molecule has 0 saturated carbocycles. The van der Waals surface area contributed by atoms with E-state index in [0.29, 0.717) is 26.1 Å². The van der Waals surface area contributed by atoms with Crippen LogP contribution in [0.3, 0.4) is 0 Å². The number of nitrogens with one attached hydrogen (secondary N) is 1. The molecule has 0 aliphatic carbocycles. The van der Waals surface area contributed by atoms with Crippen molar-refractivity contribution in [3.05, 3.63) is 18.2 Å². The number of likely N-dealkylation sites (tertiary alicyclic amines) is 1. The van der Waals surface area contributed by atoms with E-state index in [0.717, 1.165) is 0 Å². The molecule has 2 heterocycles. The van der Waals surface area contributed by atoms with Crippen LogP contribution in [0.5, 0.6) is 0 Å². The van der Waals surface area contributed by atoms with E-state index in [-0.39, 0.29) is 23.7 Å². The lowest BCUT2D eigenvalue weighted by Gasteiger charge is -2.28. The number of nitrogens with zero attached hydrogens (tertiary/aromatic N) is 3. The van der Waals surface area contributed by atoms with Gasteiger partial charge in [0.2, 0.25) is 5.91 Å². The zero-order valence-corrected chi connectivity index (χ0v) is 11.9. The molecule has 1 fully saturated rings. The van der Waals surface area contributed by atoms with Crippen LogP contribution in [0.25, 0.3) is 0 Å². The molecule has 1 aliphatic rings. The molecule has 7 heteroatoms. The first kappa shape index (κ1) is 14.5. The Bertz CT molecular complexity index is 469. The second-order valence-electron chi connectivity index (χ2n) is 4.92. The number of carbonyl (C=O) groups excluding carboxylic acids is 2. The van der Waals surface area contributed by atoms with E-state index < -0.39 is 6.04 Å². The maximum Gasteiger partial charge on any atom is 0.290 e. The summed E-state index contributed by atoms with van der Waals surface area (Å²) in [6.45, 7) is 5.49. The van der Waals surface area contributed by atoms with Crippen molar-refractivity contribution in [2.75, 3.05) is 19.6 Å². The molecule has 2 rings (SSSR count). The molecule has 20 heavy (non-hydrogen) atoms. The van der Waals surface area contributed by atoms with Crippen molar-refractivity contribution in [2.24, 2.45) is 5.73 Å². The van der Waals surface area contributed by atoms with Crippen LogP contribution < -0.4 is 5.73 Å². The first-order valence-electron chi connectivity index (χ1n) is 6.93. The summed E-state index contributed by atoms with van der Waals surface area (Å²) in [6.07, 6.45) is 3.61. The Morgan fingerprint density at radius 2 is 2.20 bits per heavy atom. The van der Waals surface area contributed by atoms with Crippen LogP contribution >= 0.6 is 0 Å². The van der Waals surface area contributed by atoms with Gasteiger partial charge in [-0.15, -0.1) is 0 Å². The average molecular weight is 279 g/mol. The Kier molecular flexibility index (Phi) is 4.39. The monoisotopic (exact) mass is 279 g/mol. The highest BCUT2D eigenvalue weighted by molar-refractivity contribution is 5.95. The van der Waals surface area contributed by atoms with Gasteiger partial charge in [0.25, 0.3) is 5.91 Å². The van der Waals surface area contributed by atoms with Crippen molar-refractivity contribution in [3.63, 3.8) is 0 Å². The molecule has 3 N–H and O–H groups in total. The van der Waals surface area contributed by atoms with E-state index in [1.54, 1.807) is 11.1 Å². The van der Waals surface area contributed by atoms with Gasteiger partial charge in [-0.25, -0.2) is 4.98 Å². The van der Waals surface area contributed by atoms with Gasteiger partial charge in [0, 0.05) is 38.1 Å². The molecule has 1 aliphatic heterocycles. The summed E-state index contributed by atoms with van der Waals surface area (Å²) in [6, 6.07) is -0.652. The van der Waals surface area contributed by atoms with E-state index in [1.807, 2.05) is 13.8 Å². The number of imidazole rings is 1. The molecule has 1 saturated heterocycles. The zero-order valence-electron chi connectivity index (χ0n) is 11.9. The molecule has 1 aromatic rings. The molecule has 1 aromatic heterocycles. The first-order valence-corrected chi connectivity index (χ1v) is 6.93. The van der Waals surface area contributed by atoms with Crippen molar-refractivity contribution in [1.29, 1.82) is 0 Å². The number of amides is 2. The van der Waals surface area contributed by atoms with Crippen molar-refractivity contribution in [2.45, 2.75) is 32.4 Å². The lowest BCUT2D eigenvalue weighted by Crippen LogP contribution is -2.48. The third kappa shape index (κ3) is 2.67. The predicted molar refractivity (Wildman–Crippen MR) is 73.9 cm³/mol. The number of nitrogens with two attached hydrogens (primary N) is 1. The zero-order chi connectivity index (χ0) is 14.7. The van der Waals surface area contributed by atoms with Crippen molar-refractivity contribution < 1.29 is 9.59 Å². The van der Waals surface area contributed by atoms with Crippen LogP contribution in [0.15, 0.2) is 12.4 Å². The number of likely N-dealkylation sites (N-methyl/N-ethyl adjacent to an activating group) is 1. The summed E-state index contributed by atoms with van der Waals surface area (Å²) < 4.78 is 0. The molecule has 0 aromatic carbocycles. The Balaban J connectivity index is 2.18. The largest absolute Gasteiger partial charge is 0.341 e. The minimum atomic E-state index is -0.484. The van der Waals surface area contributed by atoms with Crippen LogP contribution in [0, 0.1) is 0 Å². The summed E-state index contributed by atoms with van der Waals surface area (Å²) in [5.74, 6) is -0.0623. The third-order valence-electron chi connectivity index (χ3n) is 3.66. The Labute approximate surface area is 118 Å². The molecule has 0 bridgehead atoms. The second-order valence-corrected chi connectivity index (χ2v) is 4.92. The molecule has 110 valence electrons. The minimum Gasteiger partial charge on any atom is -0.341 e. The normalized spacial score (nSPS) is 22.1. The maximum absolute atomic E-state index is 12.5. The van der Waals surface area contributed by atoms with Gasteiger partial charge in [-0.05, 0) is 20.3 Å². The SMILES string of the molecule is CCN(CC)C(=O)[C@@H]1C[C@H](N)CN1C(=O)c1ncc[nH]1. The van der Waals surface area contributed by atoms with E-state index in [9.17, 15) is 9.59 Å².